The number of esters is 1. The van der Waals surface area contributed by atoms with Crippen LogP contribution in [0.2, 0.25) is 0 Å². The first-order valence-electron chi connectivity index (χ1n) is 7.72. The molecule has 0 radical (unpaired) electrons. The molecular weight excluding hydrogens is 308 g/mol. The van der Waals surface area contributed by atoms with Crippen molar-refractivity contribution in [1.29, 1.82) is 0 Å². The molecule has 128 valence electrons. The van der Waals surface area contributed by atoms with Crippen LogP contribution >= 0.6 is 0 Å². The van der Waals surface area contributed by atoms with E-state index in [2.05, 4.69) is 20.1 Å². The SMILES string of the molecule is COC(=O)/C=C/CNC(=O)c1cc(C(C)C)nc2c1c(C)nn2C. The minimum Gasteiger partial charge on any atom is -0.466 e. The molecule has 0 aromatic carbocycles. The molecule has 0 bridgehead atoms. The van der Waals surface area contributed by atoms with Gasteiger partial charge in [0.25, 0.3) is 5.91 Å². The zero-order chi connectivity index (χ0) is 17.9. The Morgan fingerprint density at radius 2 is 2.12 bits per heavy atom. The number of fused-ring (bicyclic) bond motifs is 1. The molecule has 2 aromatic rings. The lowest BCUT2D eigenvalue weighted by molar-refractivity contribution is -0.134. The molecule has 1 amide bonds. The smallest absolute Gasteiger partial charge is 0.330 e. The van der Waals surface area contributed by atoms with Crippen molar-refractivity contribution in [2.75, 3.05) is 13.7 Å². The number of nitrogens with one attached hydrogen (secondary N) is 1. The van der Waals surface area contributed by atoms with Gasteiger partial charge in [0.15, 0.2) is 5.65 Å². The summed E-state index contributed by atoms with van der Waals surface area (Å²) in [7, 11) is 3.12. The van der Waals surface area contributed by atoms with Crippen LogP contribution in [0.4, 0.5) is 0 Å². The highest BCUT2D eigenvalue weighted by atomic mass is 16.5. The first-order valence-corrected chi connectivity index (χ1v) is 7.72. The fourth-order valence-corrected chi connectivity index (χ4v) is 2.41. The van der Waals surface area contributed by atoms with E-state index in [1.807, 2.05) is 27.8 Å². The number of carbonyl (C=O) groups is 2. The maximum Gasteiger partial charge on any atom is 0.330 e. The van der Waals surface area contributed by atoms with Gasteiger partial charge in [-0.05, 0) is 18.9 Å². The largest absolute Gasteiger partial charge is 0.466 e. The van der Waals surface area contributed by atoms with Crippen LogP contribution in [0.3, 0.4) is 0 Å². The van der Waals surface area contributed by atoms with E-state index in [1.165, 1.54) is 13.2 Å². The van der Waals surface area contributed by atoms with Gasteiger partial charge in [-0.1, -0.05) is 19.9 Å². The van der Waals surface area contributed by atoms with Gasteiger partial charge in [-0.25, -0.2) is 9.78 Å². The molecule has 0 aliphatic carbocycles. The average Bonchev–Trinajstić information content (AvgIpc) is 2.84. The monoisotopic (exact) mass is 330 g/mol. The molecule has 2 rings (SSSR count). The summed E-state index contributed by atoms with van der Waals surface area (Å²) in [6.45, 7) is 6.14. The van der Waals surface area contributed by atoms with E-state index >= 15 is 0 Å². The van der Waals surface area contributed by atoms with Crippen LogP contribution < -0.4 is 5.32 Å². The van der Waals surface area contributed by atoms with Crippen molar-refractivity contribution >= 4 is 22.9 Å². The lowest BCUT2D eigenvalue weighted by Crippen LogP contribution is -2.24. The molecule has 2 heterocycles. The minimum atomic E-state index is -0.458. The molecule has 0 saturated carbocycles. The number of aromatic nitrogens is 3. The van der Waals surface area contributed by atoms with Gasteiger partial charge in [0, 0.05) is 25.4 Å². The lowest BCUT2D eigenvalue weighted by atomic mass is 10.0. The number of rotatable bonds is 5. The number of pyridine rings is 1. The fourth-order valence-electron chi connectivity index (χ4n) is 2.41. The molecule has 0 atom stereocenters. The van der Waals surface area contributed by atoms with Crippen LogP contribution in [0.5, 0.6) is 0 Å². The van der Waals surface area contributed by atoms with Crippen LogP contribution in [0.15, 0.2) is 18.2 Å². The second kappa shape index (κ2) is 7.25. The Labute approximate surface area is 140 Å². The molecule has 0 fully saturated rings. The highest BCUT2D eigenvalue weighted by molar-refractivity contribution is 6.06. The van der Waals surface area contributed by atoms with E-state index in [9.17, 15) is 9.59 Å². The van der Waals surface area contributed by atoms with Crippen molar-refractivity contribution in [3.63, 3.8) is 0 Å². The topological polar surface area (TPSA) is 86.1 Å². The molecule has 2 aromatic heterocycles. The number of ether oxygens (including phenoxy) is 1. The second-order valence-corrected chi connectivity index (χ2v) is 5.79. The Balaban J connectivity index is 2.34. The Morgan fingerprint density at radius 3 is 2.75 bits per heavy atom. The zero-order valence-corrected chi connectivity index (χ0v) is 14.6. The first-order chi connectivity index (χ1) is 11.3. The molecule has 0 aliphatic heterocycles. The van der Waals surface area contributed by atoms with E-state index in [0.717, 1.165) is 16.8 Å². The third-order valence-corrected chi connectivity index (χ3v) is 3.66. The normalized spacial score (nSPS) is 11.4. The standard InChI is InChI=1S/C17H22N4O3/c1-10(2)13-9-12(15-11(3)20-21(4)16(15)19-13)17(23)18-8-6-7-14(22)24-5/h6-7,9-10H,8H2,1-5H3,(H,18,23)/b7-6+. The Kier molecular flexibility index (Phi) is 5.33. The highest BCUT2D eigenvalue weighted by Gasteiger charge is 2.19. The van der Waals surface area contributed by atoms with Crippen LogP contribution in [-0.4, -0.2) is 40.3 Å². The molecule has 7 nitrogen and oxygen atoms in total. The van der Waals surface area contributed by atoms with E-state index in [4.69, 9.17) is 0 Å². The van der Waals surface area contributed by atoms with Crippen molar-refractivity contribution in [1.82, 2.24) is 20.1 Å². The number of hydrogen-bond donors (Lipinski definition) is 1. The third-order valence-electron chi connectivity index (χ3n) is 3.66. The van der Waals surface area contributed by atoms with Crippen LogP contribution in [-0.2, 0) is 16.6 Å². The zero-order valence-electron chi connectivity index (χ0n) is 14.6. The molecular formula is C17H22N4O3. The summed E-state index contributed by atoms with van der Waals surface area (Å²) < 4.78 is 6.19. The van der Waals surface area contributed by atoms with Gasteiger partial charge in [0.1, 0.15) is 0 Å². The van der Waals surface area contributed by atoms with Crippen molar-refractivity contribution in [3.05, 3.63) is 35.2 Å². The van der Waals surface area contributed by atoms with Crippen molar-refractivity contribution in [2.24, 2.45) is 7.05 Å². The molecule has 0 saturated heterocycles. The van der Waals surface area contributed by atoms with Crippen molar-refractivity contribution < 1.29 is 14.3 Å². The van der Waals surface area contributed by atoms with E-state index in [-0.39, 0.29) is 18.4 Å². The van der Waals surface area contributed by atoms with Crippen LogP contribution in [0.25, 0.3) is 11.0 Å². The number of methoxy groups -OCH3 is 1. The van der Waals surface area contributed by atoms with Gasteiger partial charge in [-0.2, -0.15) is 5.10 Å². The second-order valence-electron chi connectivity index (χ2n) is 5.79. The summed E-state index contributed by atoms with van der Waals surface area (Å²) in [5.41, 5.74) is 2.82. The molecule has 24 heavy (non-hydrogen) atoms. The Bertz CT molecular complexity index is 806. The van der Waals surface area contributed by atoms with E-state index in [0.29, 0.717) is 11.2 Å². The molecule has 7 heteroatoms. The minimum absolute atomic E-state index is 0.190. The van der Waals surface area contributed by atoms with Crippen molar-refractivity contribution in [3.8, 4) is 0 Å². The lowest BCUT2D eigenvalue weighted by Gasteiger charge is -2.10. The average molecular weight is 330 g/mol. The number of hydrogen-bond acceptors (Lipinski definition) is 5. The predicted molar refractivity (Wildman–Crippen MR) is 90.8 cm³/mol. The molecule has 1 N–H and O–H groups in total. The Morgan fingerprint density at radius 1 is 1.42 bits per heavy atom. The predicted octanol–water partition coefficient (Wildman–Crippen LogP) is 1.86. The van der Waals surface area contributed by atoms with Gasteiger partial charge >= 0.3 is 5.97 Å². The summed E-state index contributed by atoms with van der Waals surface area (Å²) in [6.07, 6.45) is 2.82. The number of nitrogens with zero attached hydrogens (tertiary/aromatic N) is 3. The fraction of sp³-hybridized carbons (Fsp3) is 0.412. The first kappa shape index (κ1) is 17.7. The maximum atomic E-state index is 12.6. The van der Waals surface area contributed by atoms with Crippen molar-refractivity contribution in [2.45, 2.75) is 26.7 Å². The van der Waals surface area contributed by atoms with E-state index < -0.39 is 5.97 Å². The van der Waals surface area contributed by atoms with E-state index in [1.54, 1.807) is 16.8 Å². The third kappa shape index (κ3) is 3.61. The maximum absolute atomic E-state index is 12.6. The van der Waals surface area contributed by atoms with Gasteiger partial charge in [0.2, 0.25) is 0 Å². The van der Waals surface area contributed by atoms with Gasteiger partial charge in [-0.3, -0.25) is 9.48 Å². The number of amides is 1. The number of carbonyl (C=O) groups excluding carboxylic acids is 2. The van der Waals surface area contributed by atoms with Crippen LogP contribution in [0.1, 0.15) is 41.5 Å². The van der Waals surface area contributed by atoms with Gasteiger partial charge < -0.3 is 10.1 Å². The summed E-state index contributed by atoms with van der Waals surface area (Å²) in [5.74, 6) is -0.494. The summed E-state index contributed by atoms with van der Waals surface area (Å²) in [6, 6.07) is 1.81. The molecule has 0 aliphatic rings. The summed E-state index contributed by atoms with van der Waals surface area (Å²) >= 11 is 0. The quantitative estimate of drug-likeness (QED) is 0.668. The Hall–Kier alpha value is -2.70. The van der Waals surface area contributed by atoms with Crippen LogP contribution in [0, 0.1) is 6.92 Å². The molecule has 0 spiro atoms. The highest BCUT2D eigenvalue weighted by Crippen LogP contribution is 2.24. The summed E-state index contributed by atoms with van der Waals surface area (Å²) in [5, 5.41) is 7.88. The van der Waals surface area contributed by atoms with Gasteiger partial charge in [0.05, 0.1) is 23.8 Å². The molecule has 0 unspecified atom stereocenters. The van der Waals surface area contributed by atoms with Gasteiger partial charge in [-0.15, -0.1) is 0 Å². The summed E-state index contributed by atoms with van der Waals surface area (Å²) in [4.78, 5) is 28.2. The number of aryl methyl sites for hydroxylation is 2.